The van der Waals surface area contributed by atoms with E-state index >= 15 is 0 Å². The molecule has 0 saturated carbocycles. The van der Waals surface area contributed by atoms with Crippen molar-refractivity contribution in [3.8, 4) is 28.6 Å². The molecule has 9 heteroatoms. The van der Waals surface area contributed by atoms with Gasteiger partial charge in [0.15, 0.2) is 11.0 Å². The fourth-order valence-corrected chi connectivity index (χ4v) is 4.08. The molecule has 7 nitrogen and oxygen atoms in total. The van der Waals surface area contributed by atoms with Crippen LogP contribution in [0.1, 0.15) is 5.56 Å². The summed E-state index contributed by atoms with van der Waals surface area (Å²) in [6.45, 7) is 1.99. The van der Waals surface area contributed by atoms with E-state index in [-0.39, 0.29) is 11.7 Å². The number of hydrogen-bond donors (Lipinski definition) is 1. The van der Waals surface area contributed by atoms with Crippen LogP contribution in [0.5, 0.6) is 11.5 Å². The lowest BCUT2D eigenvalue weighted by atomic mass is 10.2. The van der Waals surface area contributed by atoms with Gasteiger partial charge >= 0.3 is 0 Å². The SMILES string of the molecule is COc1ccc(NC(=O)CSc2nnc(-c3ccccc3F)n2-c2ccc(C)cc2)c(OC)c1. The molecule has 0 aliphatic heterocycles. The van der Waals surface area contributed by atoms with Crippen molar-refractivity contribution in [2.45, 2.75) is 12.1 Å². The predicted octanol–water partition coefficient (Wildman–Crippen LogP) is 5.13. The average molecular weight is 479 g/mol. The maximum atomic E-state index is 14.6. The summed E-state index contributed by atoms with van der Waals surface area (Å²) < 4.78 is 26.8. The van der Waals surface area contributed by atoms with Gasteiger partial charge in [0.25, 0.3) is 0 Å². The molecule has 174 valence electrons. The Balaban J connectivity index is 1.59. The Hall–Kier alpha value is -3.85. The minimum Gasteiger partial charge on any atom is -0.497 e. The van der Waals surface area contributed by atoms with E-state index in [0.717, 1.165) is 11.3 Å². The van der Waals surface area contributed by atoms with Crippen LogP contribution in [0.15, 0.2) is 71.9 Å². The summed E-state index contributed by atoms with van der Waals surface area (Å²) in [4.78, 5) is 12.7. The number of ether oxygens (including phenoxy) is 2. The number of aryl methyl sites for hydroxylation is 1. The van der Waals surface area contributed by atoms with Crippen LogP contribution in [0.2, 0.25) is 0 Å². The standard InChI is InChI=1S/C25H23FN4O3S/c1-16-8-10-17(11-9-16)30-24(19-6-4-5-7-20(19)26)28-29-25(30)34-15-23(31)27-21-13-12-18(32-2)14-22(21)33-3/h4-14H,15H2,1-3H3,(H,27,31). The molecule has 4 aromatic rings. The molecular formula is C25H23FN4O3S. The number of anilines is 1. The first-order valence-corrected chi connectivity index (χ1v) is 11.4. The van der Waals surface area contributed by atoms with E-state index in [1.165, 1.54) is 24.9 Å². The van der Waals surface area contributed by atoms with Crippen LogP contribution in [0.25, 0.3) is 17.1 Å². The van der Waals surface area contributed by atoms with Crippen LogP contribution in [-0.4, -0.2) is 40.6 Å². The average Bonchev–Trinajstić information content (AvgIpc) is 3.27. The molecule has 0 radical (unpaired) electrons. The van der Waals surface area contributed by atoms with E-state index in [1.54, 1.807) is 48.1 Å². The van der Waals surface area contributed by atoms with Crippen LogP contribution in [0.4, 0.5) is 10.1 Å². The van der Waals surface area contributed by atoms with Crippen molar-refractivity contribution in [3.63, 3.8) is 0 Å². The third kappa shape index (κ3) is 5.04. The molecule has 0 aliphatic carbocycles. The van der Waals surface area contributed by atoms with Gasteiger partial charge in [-0.05, 0) is 43.3 Å². The number of nitrogens with one attached hydrogen (secondary N) is 1. The molecule has 1 aromatic heterocycles. The van der Waals surface area contributed by atoms with Gasteiger partial charge in [-0.1, -0.05) is 41.6 Å². The molecule has 0 fully saturated rings. The van der Waals surface area contributed by atoms with Crippen molar-refractivity contribution in [2.24, 2.45) is 0 Å². The van der Waals surface area contributed by atoms with Gasteiger partial charge in [-0.3, -0.25) is 9.36 Å². The highest BCUT2D eigenvalue weighted by Gasteiger charge is 2.20. The number of methoxy groups -OCH3 is 2. The highest BCUT2D eigenvalue weighted by atomic mass is 32.2. The molecule has 4 rings (SSSR count). The molecule has 0 saturated heterocycles. The molecule has 1 heterocycles. The molecular weight excluding hydrogens is 455 g/mol. The zero-order chi connectivity index (χ0) is 24.1. The Morgan fingerprint density at radius 1 is 1.03 bits per heavy atom. The first-order chi connectivity index (χ1) is 16.5. The van der Waals surface area contributed by atoms with Gasteiger partial charge in [-0.2, -0.15) is 0 Å². The van der Waals surface area contributed by atoms with Crippen LogP contribution in [0, 0.1) is 12.7 Å². The van der Waals surface area contributed by atoms with Gasteiger partial charge < -0.3 is 14.8 Å². The third-order valence-corrected chi connectivity index (χ3v) is 5.98. The lowest BCUT2D eigenvalue weighted by Gasteiger charge is -2.12. The molecule has 0 atom stereocenters. The monoisotopic (exact) mass is 478 g/mol. The number of amides is 1. The lowest BCUT2D eigenvalue weighted by molar-refractivity contribution is -0.113. The molecule has 1 amide bonds. The number of hydrogen-bond acceptors (Lipinski definition) is 6. The summed E-state index contributed by atoms with van der Waals surface area (Å²) in [7, 11) is 3.08. The normalized spacial score (nSPS) is 10.7. The van der Waals surface area contributed by atoms with E-state index in [9.17, 15) is 9.18 Å². The minimum absolute atomic E-state index is 0.0659. The summed E-state index contributed by atoms with van der Waals surface area (Å²) in [6.07, 6.45) is 0. The molecule has 34 heavy (non-hydrogen) atoms. The number of rotatable bonds is 8. The van der Waals surface area contributed by atoms with Crippen molar-refractivity contribution < 1.29 is 18.7 Å². The fraction of sp³-hybridized carbons (Fsp3) is 0.160. The Labute approximate surface area is 200 Å². The van der Waals surface area contributed by atoms with Gasteiger partial charge in [-0.25, -0.2) is 4.39 Å². The van der Waals surface area contributed by atoms with Crippen LogP contribution in [0.3, 0.4) is 0 Å². The second-order valence-electron chi connectivity index (χ2n) is 7.36. The van der Waals surface area contributed by atoms with Crippen LogP contribution >= 0.6 is 11.8 Å². The smallest absolute Gasteiger partial charge is 0.234 e. The topological polar surface area (TPSA) is 78.3 Å². The predicted molar refractivity (Wildman–Crippen MR) is 130 cm³/mol. The fourth-order valence-electron chi connectivity index (χ4n) is 3.33. The van der Waals surface area contributed by atoms with Crippen molar-refractivity contribution in [1.82, 2.24) is 14.8 Å². The van der Waals surface area contributed by atoms with E-state index in [4.69, 9.17) is 9.47 Å². The number of nitrogens with zero attached hydrogens (tertiary/aromatic N) is 3. The van der Waals surface area contributed by atoms with E-state index in [2.05, 4.69) is 15.5 Å². The lowest BCUT2D eigenvalue weighted by Crippen LogP contribution is -2.15. The van der Waals surface area contributed by atoms with Crippen LogP contribution < -0.4 is 14.8 Å². The Morgan fingerprint density at radius 2 is 1.79 bits per heavy atom. The summed E-state index contributed by atoms with van der Waals surface area (Å²) >= 11 is 1.21. The van der Waals surface area contributed by atoms with E-state index in [0.29, 0.717) is 33.7 Å². The second kappa shape index (κ2) is 10.4. The molecule has 0 bridgehead atoms. The summed E-state index contributed by atoms with van der Waals surface area (Å²) in [5.74, 6) is 0.889. The maximum absolute atomic E-state index is 14.6. The van der Waals surface area contributed by atoms with E-state index in [1.807, 2.05) is 31.2 Å². The summed E-state index contributed by atoms with van der Waals surface area (Å²) in [5.41, 5.74) is 2.72. The molecule has 0 spiro atoms. The van der Waals surface area contributed by atoms with Crippen molar-refractivity contribution in [3.05, 3.63) is 78.1 Å². The zero-order valence-electron chi connectivity index (χ0n) is 18.9. The van der Waals surface area contributed by atoms with E-state index < -0.39 is 5.82 Å². The van der Waals surface area contributed by atoms with Gasteiger partial charge in [-0.15, -0.1) is 10.2 Å². The van der Waals surface area contributed by atoms with Crippen molar-refractivity contribution in [2.75, 3.05) is 25.3 Å². The summed E-state index contributed by atoms with van der Waals surface area (Å²) in [5, 5.41) is 11.8. The number of carbonyl (C=O) groups is 1. The zero-order valence-corrected chi connectivity index (χ0v) is 19.7. The van der Waals surface area contributed by atoms with Crippen molar-refractivity contribution >= 4 is 23.4 Å². The number of benzene rings is 3. The molecule has 0 unspecified atom stereocenters. The molecule has 1 N–H and O–H groups in total. The first kappa shape index (κ1) is 23.3. The van der Waals surface area contributed by atoms with Crippen LogP contribution in [-0.2, 0) is 4.79 Å². The van der Waals surface area contributed by atoms with Gasteiger partial charge in [0.05, 0.1) is 31.2 Å². The largest absolute Gasteiger partial charge is 0.497 e. The number of halogens is 1. The third-order valence-electron chi connectivity index (χ3n) is 5.06. The summed E-state index contributed by atoms with van der Waals surface area (Å²) in [6, 6.07) is 19.3. The highest BCUT2D eigenvalue weighted by Crippen LogP contribution is 2.31. The number of thioether (sulfide) groups is 1. The minimum atomic E-state index is -0.399. The second-order valence-corrected chi connectivity index (χ2v) is 8.30. The van der Waals surface area contributed by atoms with Gasteiger partial charge in [0.2, 0.25) is 5.91 Å². The maximum Gasteiger partial charge on any atom is 0.234 e. The highest BCUT2D eigenvalue weighted by molar-refractivity contribution is 7.99. The van der Waals surface area contributed by atoms with Gasteiger partial charge in [0.1, 0.15) is 17.3 Å². The Bertz CT molecular complexity index is 1310. The van der Waals surface area contributed by atoms with Crippen molar-refractivity contribution in [1.29, 1.82) is 0 Å². The molecule has 0 aliphatic rings. The Kier molecular flexibility index (Phi) is 7.12. The number of carbonyl (C=O) groups excluding carboxylic acids is 1. The first-order valence-electron chi connectivity index (χ1n) is 10.4. The van der Waals surface area contributed by atoms with Gasteiger partial charge in [0, 0.05) is 11.8 Å². The molecule has 3 aromatic carbocycles. The number of aromatic nitrogens is 3. The quantitative estimate of drug-likeness (QED) is 0.354. The Morgan fingerprint density at radius 3 is 2.50 bits per heavy atom.